The molecule has 6 nitrogen and oxygen atoms in total. The Kier molecular flexibility index (Phi) is 5.90. The van der Waals surface area contributed by atoms with Crippen LogP contribution in [0.2, 0.25) is 5.02 Å². The number of aliphatic hydroxyl groups excluding tert-OH is 1. The lowest BCUT2D eigenvalue weighted by atomic mass is 9.98. The van der Waals surface area contributed by atoms with E-state index in [0.717, 1.165) is 50.6 Å². The molecule has 0 radical (unpaired) electrons. The summed E-state index contributed by atoms with van der Waals surface area (Å²) in [5, 5.41) is 13.3. The van der Waals surface area contributed by atoms with Crippen LogP contribution in [0.25, 0.3) is 0 Å². The van der Waals surface area contributed by atoms with Gasteiger partial charge in [-0.15, -0.1) is 0 Å². The largest absolute Gasteiger partial charge is 0.456 e. The molecule has 4 rings (SSSR count). The van der Waals surface area contributed by atoms with E-state index in [1.165, 1.54) is 0 Å². The molecular formula is C21H25ClN2O4. The molecule has 0 atom stereocenters. The number of carbonyl (C=O) groups is 1. The second-order valence-electron chi connectivity index (χ2n) is 7.42. The zero-order chi connectivity index (χ0) is 19.5. The van der Waals surface area contributed by atoms with Crippen LogP contribution >= 0.6 is 11.6 Å². The number of nitrogens with one attached hydrogen (secondary N) is 1. The molecule has 0 spiro atoms. The Morgan fingerprint density at radius 2 is 1.86 bits per heavy atom. The van der Waals surface area contributed by atoms with Crippen molar-refractivity contribution in [3.8, 4) is 0 Å². The van der Waals surface area contributed by atoms with Gasteiger partial charge >= 0.3 is 0 Å². The van der Waals surface area contributed by atoms with E-state index in [-0.39, 0.29) is 12.0 Å². The molecule has 2 aromatic rings. The van der Waals surface area contributed by atoms with Gasteiger partial charge in [-0.05, 0) is 56.0 Å². The van der Waals surface area contributed by atoms with Gasteiger partial charge in [-0.2, -0.15) is 0 Å². The summed E-state index contributed by atoms with van der Waals surface area (Å²) < 4.78 is 11.2. The van der Waals surface area contributed by atoms with Crippen molar-refractivity contribution in [1.82, 2.24) is 0 Å². The first-order valence-corrected chi connectivity index (χ1v) is 10.2. The topological polar surface area (TPSA) is 74.9 Å². The summed E-state index contributed by atoms with van der Waals surface area (Å²) in [4.78, 5) is 14.9. The number of amides is 1. The lowest BCUT2D eigenvalue weighted by Crippen LogP contribution is -2.36. The Hall–Kier alpha value is -2.02. The maximum Gasteiger partial charge on any atom is 0.291 e. The number of furan rings is 1. The molecular weight excluding hydrogens is 380 g/mol. The molecule has 1 aromatic carbocycles. The van der Waals surface area contributed by atoms with Crippen molar-refractivity contribution in [2.45, 2.75) is 37.7 Å². The molecule has 3 heterocycles. The second-order valence-corrected chi connectivity index (χ2v) is 7.86. The van der Waals surface area contributed by atoms with Crippen LogP contribution in [0.3, 0.4) is 0 Å². The maximum atomic E-state index is 12.8. The van der Waals surface area contributed by atoms with Crippen molar-refractivity contribution < 1.29 is 19.1 Å². The third-order valence-corrected chi connectivity index (χ3v) is 5.72. The summed E-state index contributed by atoms with van der Waals surface area (Å²) in [6.45, 7) is 2.92. The van der Waals surface area contributed by atoms with E-state index in [1.807, 2.05) is 18.2 Å². The molecule has 0 aliphatic carbocycles. The van der Waals surface area contributed by atoms with Crippen LogP contribution in [-0.4, -0.2) is 43.4 Å². The predicted molar refractivity (Wildman–Crippen MR) is 108 cm³/mol. The highest BCUT2D eigenvalue weighted by Crippen LogP contribution is 2.32. The number of piperidine rings is 1. The van der Waals surface area contributed by atoms with Crippen LogP contribution in [-0.2, 0) is 4.74 Å². The highest BCUT2D eigenvalue weighted by Gasteiger charge is 2.23. The third-order valence-electron chi connectivity index (χ3n) is 5.49. The molecule has 2 aliphatic rings. The molecule has 0 saturated carbocycles. The van der Waals surface area contributed by atoms with Gasteiger partial charge in [-0.25, -0.2) is 0 Å². The molecule has 0 unspecified atom stereocenters. The normalized spacial score (nSPS) is 19.0. The van der Waals surface area contributed by atoms with Crippen molar-refractivity contribution in [1.29, 1.82) is 0 Å². The maximum absolute atomic E-state index is 12.8. The van der Waals surface area contributed by atoms with Crippen LogP contribution in [0.5, 0.6) is 0 Å². The first-order valence-electron chi connectivity index (χ1n) is 9.81. The van der Waals surface area contributed by atoms with E-state index < -0.39 is 0 Å². The monoisotopic (exact) mass is 404 g/mol. The van der Waals surface area contributed by atoms with Crippen molar-refractivity contribution in [2.75, 3.05) is 36.5 Å². The summed E-state index contributed by atoms with van der Waals surface area (Å²) in [5.74, 6) is 1.14. The number of aliphatic hydroxyl groups is 1. The van der Waals surface area contributed by atoms with Crippen LogP contribution in [0.4, 0.5) is 11.4 Å². The van der Waals surface area contributed by atoms with Crippen molar-refractivity contribution >= 4 is 28.9 Å². The Morgan fingerprint density at radius 3 is 2.61 bits per heavy atom. The molecule has 2 aliphatic heterocycles. The highest BCUT2D eigenvalue weighted by atomic mass is 35.5. The quantitative estimate of drug-likeness (QED) is 0.804. The number of halogens is 1. The van der Waals surface area contributed by atoms with E-state index >= 15 is 0 Å². The molecule has 150 valence electrons. The number of benzene rings is 1. The van der Waals surface area contributed by atoms with E-state index in [4.69, 9.17) is 20.8 Å². The fourth-order valence-corrected chi connectivity index (χ4v) is 4.02. The summed E-state index contributed by atoms with van der Waals surface area (Å²) in [5.41, 5.74) is 1.55. The zero-order valence-corrected chi connectivity index (χ0v) is 16.5. The highest BCUT2D eigenvalue weighted by molar-refractivity contribution is 6.31. The minimum Gasteiger partial charge on any atom is -0.456 e. The van der Waals surface area contributed by atoms with Crippen molar-refractivity contribution in [3.63, 3.8) is 0 Å². The number of anilines is 2. The molecule has 2 N–H and O–H groups in total. The number of hydrogen-bond acceptors (Lipinski definition) is 5. The van der Waals surface area contributed by atoms with Crippen LogP contribution in [0.1, 0.15) is 47.9 Å². The van der Waals surface area contributed by atoms with Gasteiger partial charge in [0, 0.05) is 37.2 Å². The molecule has 2 saturated heterocycles. The molecule has 28 heavy (non-hydrogen) atoms. The summed E-state index contributed by atoms with van der Waals surface area (Å²) >= 11 is 6.17. The molecule has 1 aromatic heterocycles. The van der Waals surface area contributed by atoms with E-state index in [9.17, 15) is 9.90 Å². The first kappa shape index (κ1) is 19.3. The zero-order valence-electron chi connectivity index (χ0n) is 15.7. The smallest absolute Gasteiger partial charge is 0.291 e. The lowest BCUT2D eigenvalue weighted by molar-refractivity contribution is 0.0799. The third kappa shape index (κ3) is 4.35. The number of carbonyl (C=O) groups excluding carboxylic acids is 1. The average molecular weight is 405 g/mol. The van der Waals surface area contributed by atoms with Gasteiger partial charge < -0.3 is 24.5 Å². The number of rotatable bonds is 4. The SMILES string of the molecule is O=C(Nc1cc(Cl)ccc1N1CCC(O)CC1)c1ccc(C2CCOCC2)o1. The van der Waals surface area contributed by atoms with Crippen LogP contribution in [0.15, 0.2) is 34.7 Å². The van der Waals surface area contributed by atoms with E-state index in [2.05, 4.69) is 10.2 Å². The van der Waals surface area contributed by atoms with Crippen LogP contribution in [0, 0.1) is 0 Å². The van der Waals surface area contributed by atoms with Crippen molar-refractivity contribution in [3.05, 3.63) is 46.9 Å². The summed E-state index contributed by atoms with van der Waals surface area (Å²) in [7, 11) is 0. The Bertz CT molecular complexity index is 824. The van der Waals surface area contributed by atoms with Gasteiger partial charge in [0.25, 0.3) is 5.91 Å². The summed E-state index contributed by atoms with van der Waals surface area (Å²) in [6, 6.07) is 9.08. The minimum absolute atomic E-state index is 0.256. The number of ether oxygens (including phenoxy) is 1. The van der Waals surface area contributed by atoms with E-state index in [1.54, 1.807) is 12.1 Å². The van der Waals surface area contributed by atoms with Gasteiger partial charge in [0.2, 0.25) is 0 Å². The predicted octanol–water partition coefficient (Wildman–Crippen LogP) is 4.04. The Labute approximate surface area is 169 Å². The fourth-order valence-electron chi connectivity index (χ4n) is 3.85. The van der Waals surface area contributed by atoms with Gasteiger partial charge in [-0.3, -0.25) is 4.79 Å². The van der Waals surface area contributed by atoms with Gasteiger partial charge in [0.15, 0.2) is 5.76 Å². The fraction of sp³-hybridized carbons (Fsp3) is 0.476. The van der Waals surface area contributed by atoms with Gasteiger partial charge in [0.05, 0.1) is 17.5 Å². The number of nitrogens with zero attached hydrogens (tertiary/aromatic N) is 1. The molecule has 2 fully saturated rings. The standard InChI is InChI=1S/C21H25ClN2O4/c22-15-1-2-18(24-9-5-16(25)6-10-24)17(13-15)23-21(26)20-4-3-19(28-20)14-7-11-27-12-8-14/h1-4,13-14,16,25H,5-12H2,(H,23,26). The summed E-state index contributed by atoms with van der Waals surface area (Å²) in [6.07, 6.45) is 2.99. The molecule has 7 heteroatoms. The van der Waals surface area contributed by atoms with Gasteiger partial charge in [-0.1, -0.05) is 11.6 Å². The minimum atomic E-state index is -0.293. The average Bonchev–Trinajstić information content (AvgIpc) is 3.20. The van der Waals surface area contributed by atoms with E-state index in [0.29, 0.717) is 35.2 Å². The molecule has 0 bridgehead atoms. The first-order chi connectivity index (χ1) is 13.6. The van der Waals surface area contributed by atoms with Gasteiger partial charge in [0.1, 0.15) is 5.76 Å². The van der Waals surface area contributed by atoms with Crippen molar-refractivity contribution in [2.24, 2.45) is 0 Å². The molecule has 1 amide bonds. The lowest BCUT2D eigenvalue weighted by Gasteiger charge is -2.32. The second kappa shape index (κ2) is 8.55. The van der Waals surface area contributed by atoms with Crippen LogP contribution < -0.4 is 10.2 Å². The Balaban J connectivity index is 1.50. The number of hydrogen-bond donors (Lipinski definition) is 2. The Morgan fingerprint density at radius 1 is 1.11 bits per heavy atom.